The van der Waals surface area contributed by atoms with Crippen LogP contribution in [0, 0.1) is 5.82 Å². The van der Waals surface area contributed by atoms with Gasteiger partial charge in [0.25, 0.3) is 0 Å². The van der Waals surface area contributed by atoms with Gasteiger partial charge in [-0.1, -0.05) is 44.0 Å². The molecule has 0 unspecified atom stereocenters. The van der Waals surface area contributed by atoms with Gasteiger partial charge in [-0.25, -0.2) is 9.38 Å². The molecule has 0 amide bonds. The van der Waals surface area contributed by atoms with Gasteiger partial charge < -0.3 is 10.0 Å². The molecule has 188 valence electrons. The minimum absolute atomic E-state index is 0.0161. The molecule has 5 nitrogen and oxygen atoms in total. The number of piperazine rings is 1. The summed E-state index contributed by atoms with van der Waals surface area (Å²) in [7, 11) is 0. The maximum Gasteiger partial charge on any atom is 0.419 e. The van der Waals surface area contributed by atoms with Crippen LogP contribution in [0.5, 0.6) is 0 Å². The zero-order valence-electron chi connectivity index (χ0n) is 19.6. The van der Waals surface area contributed by atoms with Crippen LogP contribution >= 0.6 is 0 Å². The van der Waals surface area contributed by atoms with Crippen molar-refractivity contribution < 1.29 is 27.5 Å². The number of nitrogens with zero attached hydrogens (tertiary/aromatic N) is 3. The first kappa shape index (κ1) is 25.2. The third-order valence-corrected chi connectivity index (χ3v) is 6.61. The van der Waals surface area contributed by atoms with Crippen LogP contribution in [0.1, 0.15) is 48.4 Å². The SMILES string of the molecule is CCCC[C@H]1CN(Cc2cccc(CC(=O)O)c2)CCN1C1=Nc2cc(F)c(C(F)(F)F)cc2C1. The summed E-state index contributed by atoms with van der Waals surface area (Å²) >= 11 is 0. The van der Waals surface area contributed by atoms with Crippen molar-refractivity contribution in [3.8, 4) is 0 Å². The molecule has 1 N–H and O–H groups in total. The molecule has 0 spiro atoms. The molecule has 4 rings (SSSR count). The summed E-state index contributed by atoms with van der Waals surface area (Å²) in [5.74, 6) is -1.46. The number of hydrogen-bond acceptors (Lipinski definition) is 4. The summed E-state index contributed by atoms with van der Waals surface area (Å²) in [6.07, 6.45) is -1.54. The molecule has 0 radical (unpaired) electrons. The molecule has 0 saturated carbocycles. The second-order valence-electron chi connectivity index (χ2n) is 9.28. The van der Waals surface area contributed by atoms with Crippen LogP contribution in [0.4, 0.5) is 23.2 Å². The highest BCUT2D eigenvalue weighted by Crippen LogP contribution is 2.38. The topological polar surface area (TPSA) is 56.1 Å². The van der Waals surface area contributed by atoms with Gasteiger partial charge in [-0.15, -0.1) is 0 Å². The number of alkyl halides is 3. The van der Waals surface area contributed by atoms with Gasteiger partial charge in [-0.2, -0.15) is 13.2 Å². The highest BCUT2D eigenvalue weighted by molar-refractivity contribution is 5.92. The Hall–Kier alpha value is -2.94. The molecule has 1 fully saturated rings. The highest BCUT2D eigenvalue weighted by atomic mass is 19.4. The molecule has 2 heterocycles. The molecule has 2 aromatic carbocycles. The molecule has 0 aliphatic carbocycles. The maximum absolute atomic E-state index is 14.1. The van der Waals surface area contributed by atoms with Crippen LogP contribution in [0.25, 0.3) is 0 Å². The second-order valence-corrected chi connectivity index (χ2v) is 9.28. The van der Waals surface area contributed by atoms with Crippen molar-refractivity contribution in [2.24, 2.45) is 4.99 Å². The van der Waals surface area contributed by atoms with Gasteiger partial charge in [0.15, 0.2) is 0 Å². The van der Waals surface area contributed by atoms with Gasteiger partial charge in [0, 0.05) is 44.7 Å². The second kappa shape index (κ2) is 10.4. The lowest BCUT2D eigenvalue weighted by Gasteiger charge is -2.43. The van der Waals surface area contributed by atoms with Crippen LogP contribution in [0.15, 0.2) is 41.4 Å². The average Bonchev–Trinajstić information content (AvgIpc) is 3.19. The van der Waals surface area contributed by atoms with Crippen LogP contribution in [0.2, 0.25) is 0 Å². The standard InChI is InChI=1S/C26H29F4N3O2/c1-2-3-7-20-16-32(15-18-6-4-5-17(10-18)11-25(34)35)8-9-33(20)24-13-19-12-21(26(28,29)30)22(27)14-23(19)31-24/h4-6,10,12,14,20H,2-3,7-9,11,13,15-16H2,1H3,(H,34,35)/t20-/m0/s1. The Labute approximate surface area is 202 Å². The fourth-order valence-electron chi connectivity index (χ4n) is 4.95. The van der Waals surface area contributed by atoms with Crippen molar-refractivity contribution >= 4 is 17.5 Å². The van der Waals surface area contributed by atoms with Crippen molar-refractivity contribution in [2.75, 3.05) is 19.6 Å². The van der Waals surface area contributed by atoms with Crippen molar-refractivity contribution in [1.29, 1.82) is 0 Å². The third-order valence-electron chi connectivity index (χ3n) is 6.61. The minimum atomic E-state index is -4.74. The number of aliphatic imine (C=N–C) groups is 1. The summed E-state index contributed by atoms with van der Waals surface area (Å²) in [6, 6.07) is 9.52. The average molecular weight is 492 g/mol. The number of halogens is 4. The van der Waals surface area contributed by atoms with Crippen molar-refractivity contribution in [2.45, 2.75) is 57.8 Å². The van der Waals surface area contributed by atoms with Crippen LogP contribution in [-0.4, -0.2) is 52.4 Å². The Morgan fingerprint density at radius 2 is 1.94 bits per heavy atom. The Bertz CT molecular complexity index is 1120. The van der Waals surface area contributed by atoms with E-state index >= 15 is 0 Å². The monoisotopic (exact) mass is 491 g/mol. The predicted molar refractivity (Wildman–Crippen MR) is 125 cm³/mol. The number of aliphatic carboxylic acids is 1. The molecule has 2 aliphatic heterocycles. The summed E-state index contributed by atoms with van der Waals surface area (Å²) in [4.78, 5) is 20.1. The van der Waals surface area contributed by atoms with E-state index in [2.05, 4.69) is 21.7 Å². The van der Waals surface area contributed by atoms with E-state index < -0.39 is 23.5 Å². The molecule has 9 heteroatoms. The fraction of sp³-hybridized carbons (Fsp3) is 0.462. The summed E-state index contributed by atoms with van der Waals surface area (Å²) in [5.41, 5.74) is 1.25. The molecule has 0 bridgehead atoms. The Balaban J connectivity index is 1.48. The number of carboxylic acid groups (broad SMARTS) is 1. The van der Waals surface area contributed by atoms with Gasteiger partial charge in [0.2, 0.25) is 0 Å². The number of unbranched alkanes of at least 4 members (excludes halogenated alkanes) is 1. The lowest BCUT2D eigenvalue weighted by atomic mass is 10.0. The smallest absolute Gasteiger partial charge is 0.419 e. The van der Waals surface area contributed by atoms with E-state index in [0.29, 0.717) is 24.5 Å². The van der Waals surface area contributed by atoms with E-state index in [1.54, 1.807) is 0 Å². The molecule has 1 saturated heterocycles. The number of amidine groups is 1. The molecule has 2 aliphatic rings. The molecule has 35 heavy (non-hydrogen) atoms. The lowest BCUT2D eigenvalue weighted by Crippen LogP contribution is -2.54. The summed E-state index contributed by atoms with van der Waals surface area (Å²) in [5, 5.41) is 9.06. The van der Waals surface area contributed by atoms with Crippen LogP contribution < -0.4 is 0 Å². The van der Waals surface area contributed by atoms with E-state index in [-0.39, 0.29) is 24.6 Å². The lowest BCUT2D eigenvalue weighted by molar-refractivity contribution is -0.140. The van der Waals surface area contributed by atoms with Crippen molar-refractivity contribution in [3.63, 3.8) is 0 Å². The first-order chi connectivity index (χ1) is 16.6. The zero-order valence-corrected chi connectivity index (χ0v) is 19.6. The van der Waals surface area contributed by atoms with E-state index in [4.69, 9.17) is 5.11 Å². The molecular formula is C26H29F4N3O2. The minimum Gasteiger partial charge on any atom is -0.481 e. The number of benzene rings is 2. The maximum atomic E-state index is 14.1. The number of carboxylic acids is 1. The molecule has 2 aromatic rings. The van der Waals surface area contributed by atoms with Crippen LogP contribution in [0.3, 0.4) is 0 Å². The van der Waals surface area contributed by atoms with Crippen LogP contribution in [-0.2, 0) is 30.4 Å². The highest BCUT2D eigenvalue weighted by Gasteiger charge is 2.37. The van der Waals surface area contributed by atoms with Gasteiger partial charge in [-0.3, -0.25) is 9.69 Å². The number of hydrogen-bond donors (Lipinski definition) is 1. The number of carbonyl (C=O) groups is 1. The Morgan fingerprint density at radius 1 is 1.17 bits per heavy atom. The summed E-state index contributed by atoms with van der Waals surface area (Å²) in [6.45, 7) is 4.98. The predicted octanol–water partition coefficient (Wildman–Crippen LogP) is 5.43. The van der Waals surface area contributed by atoms with Gasteiger partial charge in [0.05, 0.1) is 17.7 Å². The summed E-state index contributed by atoms with van der Waals surface area (Å²) < 4.78 is 53.5. The molecule has 1 atom stereocenters. The Kier molecular flexibility index (Phi) is 7.44. The van der Waals surface area contributed by atoms with E-state index in [0.717, 1.165) is 55.6 Å². The van der Waals surface area contributed by atoms with E-state index in [1.807, 2.05) is 24.3 Å². The first-order valence-electron chi connectivity index (χ1n) is 11.9. The molecular weight excluding hydrogens is 462 g/mol. The molecule has 0 aromatic heterocycles. The van der Waals surface area contributed by atoms with Crippen molar-refractivity contribution in [1.82, 2.24) is 9.80 Å². The normalized spacial score (nSPS) is 18.5. The zero-order chi connectivity index (χ0) is 25.2. The number of fused-ring (bicyclic) bond motifs is 1. The largest absolute Gasteiger partial charge is 0.481 e. The first-order valence-corrected chi connectivity index (χ1v) is 11.9. The van der Waals surface area contributed by atoms with E-state index in [9.17, 15) is 22.4 Å². The van der Waals surface area contributed by atoms with Gasteiger partial charge in [-0.05, 0) is 29.2 Å². The Morgan fingerprint density at radius 3 is 2.66 bits per heavy atom. The van der Waals surface area contributed by atoms with Gasteiger partial charge >= 0.3 is 12.1 Å². The van der Waals surface area contributed by atoms with Crippen molar-refractivity contribution in [3.05, 3.63) is 64.5 Å². The van der Waals surface area contributed by atoms with E-state index in [1.165, 1.54) is 0 Å². The fourth-order valence-corrected chi connectivity index (χ4v) is 4.95. The third kappa shape index (κ3) is 6.01. The number of rotatable bonds is 7. The quantitative estimate of drug-likeness (QED) is 0.525. The van der Waals surface area contributed by atoms with Gasteiger partial charge in [0.1, 0.15) is 11.7 Å².